The van der Waals surface area contributed by atoms with Gasteiger partial charge in [-0.05, 0) is 30.4 Å². The maximum Gasteiger partial charge on any atom is 0.158 e. The van der Waals surface area contributed by atoms with Gasteiger partial charge >= 0.3 is 0 Å². The lowest BCUT2D eigenvalue weighted by molar-refractivity contribution is 0.415. The zero-order valence-corrected chi connectivity index (χ0v) is 10.3. The highest BCUT2D eigenvalue weighted by Gasteiger charge is 2.05. The summed E-state index contributed by atoms with van der Waals surface area (Å²) < 4.78 is 5.83. The van der Waals surface area contributed by atoms with E-state index in [2.05, 4.69) is 4.98 Å². The minimum Gasteiger partial charge on any atom is -0.497 e. The third-order valence-electron chi connectivity index (χ3n) is 1.99. The van der Waals surface area contributed by atoms with Crippen molar-refractivity contribution in [3.05, 3.63) is 32.6 Å². The third-order valence-corrected chi connectivity index (χ3v) is 3.36. The molecule has 1 heterocycles. The van der Waals surface area contributed by atoms with E-state index in [0.717, 1.165) is 21.0 Å². The molecule has 0 fully saturated rings. The van der Waals surface area contributed by atoms with E-state index in [0.29, 0.717) is 5.02 Å². The number of hydrogen-bond donors (Lipinski definition) is 1. The van der Waals surface area contributed by atoms with Gasteiger partial charge in [0.1, 0.15) is 5.75 Å². The van der Waals surface area contributed by atoms with Gasteiger partial charge in [-0.15, -0.1) is 11.3 Å². The summed E-state index contributed by atoms with van der Waals surface area (Å²) in [4.78, 5) is 3.08. The number of nitrogens with one attached hydrogen (secondary N) is 1. The van der Waals surface area contributed by atoms with Crippen LogP contribution in [0.3, 0.4) is 0 Å². The van der Waals surface area contributed by atoms with Crippen LogP contribution in [0.25, 0.3) is 11.3 Å². The molecule has 1 N–H and O–H groups in total. The molecule has 2 nitrogen and oxygen atoms in total. The molecule has 0 unspecified atom stereocenters. The lowest BCUT2D eigenvalue weighted by atomic mass is 10.2. The number of benzene rings is 1. The quantitative estimate of drug-likeness (QED) is 0.818. The molecular formula is C10H8ClNOS2. The molecule has 0 atom stereocenters. The fourth-order valence-electron chi connectivity index (χ4n) is 1.25. The normalized spacial score (nSPS) is 10.3. The first kappa shape index (κ1) is 10.7. The van der Waals surface area contributed by atoms with Crippen molar-refractivity contribution in [1.82, 2.24) is 4.98 Å². The smallest absolute Gasteiger partial charge is 0.158 e. The van der Waals surface area contributed by atoms with E-state index < -0.39 is 0 Å². The fraction of sp³-hybridized carbons (Fsp3) is 0.100. The van der Waals surface area contributed by atoms with E-state index >= 15 is 0 Å². The molecule has 0 saturated heterocycles. The summed E-state index contributed by atoms with van der Waals surface area (Å²) in [5.74, 6) is 0.748. The van der Waals surface area contributed by atoms with Crippen LogP contribution in [0.5, 0.6) is 5.75 Å². The second kappa shape index (κ2) is 4.35. The van der Waals surface area contributed by atoms with E-state index in [1.807, 2.05) is 17.5 Å². The molecule has 0 spiro atoms. The molecule has 0 radical (unpaired) electrons. The van der Waals surface area contributed by atoms with E-state index in [9.17, 15) is 0 Å². The van der Waals surface area contributed by atoms with Crippen LogP contribution in [0.4, 0.5) is 0 Å². The molecule has 0 saturated carbocycles. The summed E-state index contributed by atoms with van der Waals surface area (Å²) in [5, 5.41) is 2.61. The van der Waals surface area contributed by atoms with Crippen molar-refractivity contribution >= 4 is 35.2 Å². The van der Waals surface area contributed by atoms with Crippen LogP contribution in [-0.2, 0) is 0 Å². The summed E-state index contributed by atoms with van der Waals surface area (Å²) in [6.45, 7) is 0. The molecule has 2 aromatic rings. The van der Waals surface area contributed by atoms with Crippen LogP contribution < -0.4 is 4.74 Å². The Hall–Kier alpha value is -0.840. The Labute approximate surface area is 101 Å². The Bertz CT molecular complexity index is 532. The van der Waals surface area contributed by atoms with Crippen LogP contribution in [0.15, 0.2) is 23.6 Å². The molecule has 0 aliphatic carbocycles. The molecular weight excluding hydrogens is 250 g/mol. The number of halogens is 1. The van der Waals surface area contributed by atoms with Crippen molar-refractivity contribution in [2.45, 2.75) is 0 Å². The number of H-pyrrole nitrogens is 1. The molecule has 5 heteroatoms. The summed E-state index contributed by atoms with van der Waals surface area (Å²) in [5.41, 5.74) is 1.88. The first-order valence-corrected chi connectivity index (χ1v) is 5.89. The van der Waals surface area contributed by atoms with E-state index in [1.165, 1.54) is 11.3 Å². The molecule has 1 aromatic heterocycles. The molecule has 2 rings (SSSR count). The van der Waals surface area contributed by atoms with E-state index in [-0.39, 0.29) is 0 Å². The third kappa shape index (κ3) is 2.22. The topological polar surface area (TPSA) is 25.0 Å². The monoisotopic (exact) mass is 257 g/mol. The minimum atomic E-state index is 0.651. The number of rotatable bonds is 2. The van der Waals surface area contributed by atoms with Gasteiger partial charge in [-0.25, -0.2) is 0 Å². The van der Waals surface area contributed by atoms with Gasteiger partial charge in [0, 0.05) is 10.9 Å². The lowest BCUT2D eigenvalue weighted by Crippen LogP contribution is -1.84. The first-order chi connectivity index (χ1) is 7.20. The van der Waals surface area contributed by atoms with Crippen molar-refractivity contribution in [1.29, 1.82) is 0 Å². The molecule has 15 heavy (non-hydrogen) atoms. The van der Waals surface area contributed by atoms with Gasteiger partial charge < -0.3 is 9.72 Å². The molecule has 0 aliphatic heterocycles. The predicted molar refractivity (Wildman–Crippen MR) is 66.5 cm³/mol. The number of methoxy groups -OCH3 is 1. The summed E-state index contributed by atoms with van der Waals surface area (Å²) in [6, 6.07) is 5.57. The Kier molecular flexibility index (Phi) is 3.09. The largest absolute Gasteiger partial charge is 0.497 e. The standard InChI is InChI=1S/C10H8ClNOS2/c1-13-6-2-3-7(8(11)4-6)9-5-15-10(14)12-9/h2-5H,1H3,(H,12,14). The van der Waals surface area contributed by atoms with Crippen molar-refractivity contribution in [3.63, 3.8) is 0 Å². The molecule has 0 amide bonds. The van der Waals surface area contributed by atoms with E-state index in [1.54, 1.807) is 13.2 Å². The zero-order chi connectivity index (χ0) is 10.8. The minimum absolute atomic E-state index is 0.651. The molecule has 0 aliphatic rings. The Morgan fingerprint density at radius 3 is 2.80 bits per heavy atom. The average Bonchev–Trinajstić information content (AvgIpc) is 2.64. The maximum atomic E-state index is 6.12. The maximum absolute atomic E-state index is 6.12. The second-order valence-corrected chi connectivity index (χ2v) is 4.86. The number of ether oxygens (including phenoxy) is 1. The van der Waals surface area contributed by atoms with Crippen LogP contribution in [0.1, 0.15) is 0 Å². The van der Waals surface area contributed by atoms with Gasteiger partial charge in [-0.1, -0.05) is 11.6 Å². The highest BCUT2D eigenvalue weighted by atomic mass is 35.5. The Balaban J connectivity index is 2.49. The van der Waals surface area contributed by atoms with Gasteiger partial charge in [0.15, 0.2) is 3.95 Å². The first-order valence-electron chi connectivity index (χ1n) is 4.22. The number of aromatic nitrogens is 1. The van der Waals surface area contributed by atoms with Gasteiger partial charge in [0.05, 0.1) is 17.8 Å². The predicted octanol–water partition coefficient (Wildman–Crippen LogP) is 4.13. The van der Waals surface area contributed by atoms with Gasteiger partial charge in [0.25, 0.3) is 0 Å². The Morgan fingerprint density at radius 2 is 2.27 bits per heavy atom. The SMILES string of the molecule is COc1ccc(-c2csc(=S)[nH]2)c(Cl)c1. The fourth-order valence-corrected chi connectivity index (χ4v) is 2.36. The van der Waals surface area contributed by atoms with Crippen molar-refractivity contribution < 1.29 is 4.74 Å². The van der Waals surface area contributed by atoms with Gasteiger partial charge in [0.2, 0.25) is 0 Å². The van der Waals surface area contributed by atoms with Gasteiger partial charge in [-0.3, -0.25) is 0 Å². The van der Waals surface area contributed by atoms with Crippen LogP contribution in [0.2, 0.25) is 5.02 Å². The zero-order valence-electron chi connectivity index (χ0n) is 7.91. The van der Waals surface area contributed by atoms with Crippen molar-refractivity contribution in [2.75, 3.05) is 7.11 Å². The highest BCUT2D eigenvalue weighted by Crippen LogP contribution is 2.30. The summed E-state index contributed by atoms with van der Waals surface area (Å²) >= 11 is 12.6. The Morgan fingerprint density at radius 1 is 1.47 bits per heavy atom. The van der Waals surface area contributed by atoms with Crippen molar-refractivity contribution in [2.24, 2.45) is 0 Å². The molecule has 0 bridgehead atoms. The summed E-state index contributed by atoms with van der Waals surface area (Å²) in [6.07, 6.45) is 0. The lowest BCUT2D eigenvalue weighted by Gasteiger charge is -2.04. The van der Waals surface area contributed by atoms with Crippen LogP contribution in [-0.4, -0.2) is 12.1 Å². The molecule has 1 aromatic carbocycles. The van der Waals surface area contributed by atoms with Crippen LogP contribution in [0, 0.1) is 3.95 Å². The highest BCUT2D eigenvalue weighted by molar-refractivity contribution is 7.73. The average molecular weight is 258 g/mol. The molecule has 78 valence electrons. The van der Waals surface area contributed by atoms with E-state index in [4.69, 9.17) is 28.6 Å². The second-order valence-electron chi connectivity index (χ2n) is 2.91. The number of thiazole rings is 1. The van der Waals surface area contributed by atoms with Gasteiger partial charge in [-0.2, -0.15) is 0 Å². The number of hydrogen-bond acceptors (Lipinski definition) is 3. The van der Waals surface area contributed by atoms with Crippen LogP contribution >= 0.6 is 35.2 Å². The summed E-state index contributed by atoms with van der Waals surface area (Å²) in [7, 11) is 1.61. The number of aromatic amines is 1. The van der Waals surface area contributed by atoms with Crippen molar-refractivity contribution in [3.8, 4) is 17.0 Å².